The molecule has 0 radical (unpaired) electrons. The van der Waals surface area contributed by atoms with Crippen LogP contribution >= 0.6 is 0 Å². The van der Waals surface area contributed by atoms with Gasteiger partial charge in [-0.25, -0.2) is 0 Å². The first-order valence-electron chi connectivity index (χ1n) is 7.30. The van der Waals surface area contributed by atoms with Crippen LogP contribution in [0, 0.1) is 0 Å². The fraction of sp³-hybridized carbons (Fsp3) is 0.222. The molecule has 0 bridgehead atoms. The third kappa shape index (κ3) is 2.31. The standard InChI is InChI=1S/C18H17NO3/c1-2-12-7-9-13(10-8-12)16(20)11-18(22)14-5-3-4-6-15(14)19-17(18)21/h3-10,22H,2,11H2,1H3,(H,19,21)/t18-/m0/s1. The van der Waals surface area contributed by atoms with E-state index >= 15 is 0 Å². The average molecular weight is 295 g/mol. The van der Waals surface area contributed by atoms with E-state index in [0.717, 1.165) is 12.0 Å². The molecule has 0 unspecified atom stereocenters. The molecule has 2 aromatic carbocycles. The van der Waals surface area contributed by atoms with E-state index in [-0.39, 0.29) is 12.2 Å². The highest BCUT2D eigenvalue weighted by atomic mass is 16.3. The molecule has 2 N–H and O–H groups in total. The Morgan fingerprint density at radius 1 is 1.14 bits per heavy atom. The van der Waals surface area contributed by atoms with Crippen LogP contribution in [0.4, 0.5) is 5.69 Å². The van der Waals surface area contributed by atoms with Crippen molar-refractivity contribution in [2.24, 2.45) is 0 Å². The van der Waals surface area contributed by atoms with Gasteiger partial charge in [0.05, 0.1) is 6.42 Å². The van der Waals surface area contributed by atoms with Crippen molar-refractivity contribution in [3.8, 4) is 0 Å². The number of aliphatic hydroxyl groups is 1. The highest BCUT2D eigenvalue weighted by Crippen LogP contribution is 2.38. The van der Waals surface area contributed by atoms with E-state index in [0.29, 0.717) is 16.8 Å². The first-order valence-corrected chi connectivity index (χ1v) is 7.30. The second kappa shape index (κ2) is 5.39. The van der Waals surface area contributed by atoms with E-state index in [1.165, 1.54) is 0 Å². The summed E-state index contributed by atoms with van der Waals surface area (Å²) in [7, 11) is 0. The van der Waals surface area contributed by atoms with E-state index < -0.39 is 11.5 Å². The summed E-state index contributed by atoms with van der Waals surface area (Å²) in [5.74, 6) is -0.802. The molecule has 1 amide bonds. The first kappa shape index (κ1) is 14.5. The summed E-state index contributed by atoms with van der Waals surface area (Å²) >= 11 is 0. The predicted molar refractivity (Wildman–Crippen MR) is 83.7 cm³/mol. The van der Waals surface area contributed by atoms with Crippen molar-refractivity contribution in [3.05, 3.63) is 65.2 Å². The molecular weight excluding hydrogens is 278 g/mol. The number of Topliss-reactive ketones (excluding diaryl/α,β-unsaturated/α-hetero) is 1. The Labute approximate surface area is 128 Å². The summed E-state index contributed by atoms with van der Waals surface area (Å²) < 4.78 is 0. The fourth-order valence-corrected chi connectivity index (χ4v) is 2.74. The molecule has 2 aromatic rings. The molecule has 1 aliphatic heterocycles. The van der Waals surface area contributed by atoms with Crippen LogP contribution in [-0.2, 0) is 16.8 Å². The number of para-hydroxylation sites is 1. The zero-order valence-electron chi connectivity index (χ0n) is 12.3. The third-order valence-electron chi connectivity index (χ3n) is 4.10. The van der Waals surface area contributed by atoms with Crippen molar-refractivity contribution >= 4 is 17.4 Å². The number of aryl methyl sites for hydroxylation is 1. The number of nitrogens with one attached hydrogen (secondary N) is 1. The number of carbonyl (C=O) groups excluding carboxylic acids is 2. The highest BCUT2D eigenvalue weighted by molar-refractivity contribution is 6.09. The van der Waals surface area contributed by atoms with Crippen LogP contribution in [0.15, 0.2) is 48.5 Å². The van der Waals surface area contributed by atoms with Gasteiger partial charge < -0.3 is 10.4 Å². The normalized spacial score (nSPS) is 19.6. The lowest BCUT2D eigenvalue weighted by molar-refractivity contribution is -0.133. The molecule has 1 aliphatic rings. The maximum absolute atomic E-state index is 12.4. The van der Waals surface area contributed by atoms with Crippen molar-refractivity contribution in [3.63, 3.8) is 0 Å². The zero-order chi connectivity index (χ0) is 15.7. The van der Waals surface area contributed by atoms with Crippen molar-refractivity contribution < 1.29 is 14.7 Å². The van der Waals surface area contributed by atoms with Crippen LogP contribution in [0.5, 0.6) is 0 Å². The number of ketones is 1. The maximum atomic E-state index is 12.4. The Balaban J connectivity index is 1.88. The number of rotatable bonds is 4. The monoisotopic (exact) mass is 295 g/mol. The molecule has 0 aromatic heterocycles. The SMILES string of the molecule is CCc1ccc(C(=O)C[C@@]2(O)C(=O)Nc3ccccc32)cc1. The molecule has 4 heteroatoms. The summed E-state index contributed by atoms with van der Waals surface area (Å²) in [4.78, 5) is 24.5. The van der Waals surface area contributed by atoms with Crippen molar-refractivity contribution in [1.82, 2.24) is 0 Å². The summed E-state index contributed by atoms with van der Waals surface area (Å²) in [5.41, 5.74) is 0.863. The Bertz CT molecular complexity index is 736. The van der Waals surface area contributed by atoms with Gasteiger partial charge in [0.2, 0.25) is 0 Å². The summed E-state index contributed by atoms with van der Waals surface area (Å²) in [6, 6.07) is 14.2. The summed E-state index contributed by atoms with van der Waals surface area (Å²) in [5, 5.41) is 13.3. The number of carbonyl (C=O) groups is 2. The Morgan fingerprint density at radius 3 is 2.50 bits per heavy atom. The molecule has 0 saturated heterocycles. The van der Waals surface area contributed by atoms with E-state index in [2.05, 4.69) is 5.32 Å². The molecule has 0 fully saturated rings. The van der Waals surface area contributed by atoms with Gasteiger partial charge in [0, 0.05) is 16.8 Å². The van der Waals surface area contributed by atoms with Gasteiger partial charge in [0.1, 0.15) is 0 Å². The number of fused-ring (bicyclic) bond motifs is 1. The lowest BCUT2D eigenvalue weighted by Crippen LogP contribution is -2.36. The molecule has 22 heavy (non-hydrogen) atoms. The number of hydrogen-bond acceptors (Lipinski definition) is 3. The second-order valence-electron chi connectivity index (χ2n) is 5.51. The second-order valence-corrected chi connectivity index (χ2v) is 5.51. The average Bonchev–Trinajstić information content (AvgIpc) is 2.79. The van der Waals surface area contributed by atoms with E-state index in [4.69, 9.17) is 0 Å². The lowest BCUT2D eigenvalue weighted by Gasteiger charge is -2.20. The third-order valence-corrected chi connectivity index (χ3v) is 4.10. The van der Waals surface area contributed by atoms with E-state index in [1.54, 1.807) is 36.4 Å². The number of benzene rings is 2. The van der Waals surface area contributed by atoms with Crippen LogP contribution in [0.2, 0.25) is 0 Å². The first-order chi connectivity index (χ1) is 10.5. The molecule has 1 heterocycles. The summed E-state index contributed by atoms with van der Waals surface area (Å²) in [6.45, 7) is 2.04. The molecule has 3 rings (SSSR count). The Hall–Kier alpha value is -2.46. The van der Waals surface area contributed by atoms with E-state index in [1.807, 2.05) is 19.1 Å². The van der Waals surface area contributed by atoms with Crippen LogP contribution < -0.4 is 5.32 Å². The molecule has 0 spiro atoms. The fourth-order valence-electron chi connectivity index (χ4n) is 2.74. The Kier molecular flexibility index (Phi) is 3.54. The summed E-state index contributed by atoms with van der Waals surface area (Å²) in [6.07, 6.45) is 0.634. The predicted octanol–water partition coefficient (Wildman–Crippen LogP) is 2.66. The minimum absolute atomic E-state index is 0.253. The van der Waals surface area contributed by atoms with Gasteiger partial charge in [0.25, 0.3) is 5.91 Å². The van der Waals surface area contributed by atoms with Gasteiger partial charge in [-0.3, -0.25) is 9.59 Å². The van der Waals surface area contributed by atoms with Gasteiger partial charge in [-0.2, -0.15) is 0 Å². The zero-order valence-corrected chi connectivity index (χ0v) is 12.3. The molecule has 0 aliphatic carbocycles. The van der Waals surface area contributed by atoms with Crippen molar-refractivity contribution in [2.75, 3.05) is 5.32 Å². The van der Waals surface area contributed by atoms with Gasteiger partial charge in [-0.15, -0.1) is 0 Å². The van der Waals surface area contributed by atoms with Crippen LogP contribution in [0.1, 0.15) is 34.8 Å². The number of hydrogen-bond donors (Lipinski definition) is 2. The molecule has 0 saturated carbocycles. The van der Waals surface area contributed by atoms with Gasteiger partial charge in [-0.1, -0.05) is 49.4 Å². The molecular formula is C18H17NO3. The quantitative estimate of drug-likeness (QED) is 0.852. The van der Waals surface area contributed by atoms with E-state index in [9.17, 15) is 14.7 Å². The largest absolute Gasteiger partial charge is 0.375 e. The maximum Gasteiger partial charge on any atom is 0.261 e. The topological polar surface area (TPSA) is 66.4 Å². The van der Waals surface area contributed by atoms with Crippen LogP contribution in [0.3, 0.4) is 0 Å². The van der Waals surface area contributed by atoms with Gasteiger partial charge in [-0.05, 0) is 18.1 Å². The minimum atomic E-state index is -1.79. The lowest BCUT2D eigenvalue weighted by atomic mass is 9.88. The molecule has 112 valence electrons. The highest BCUT2D eigenvalue weighted by Gasteiger charge is 2.46. The van der Waals surface area contributed by atoms with Gasteiger partial charge in [0.15, 0.2) is 11.4 Å². The number of amides is 1. The van der Waals surface area contributed by atoms with Gasteiger partial charge >= 0.3 is 0 Å². The van der Waals surface area contributed by atoms with Crippen molar-refractivity contribution in [1.29, 1.82) is 0 Å². The van der Waals surface area contributed by atoms with Crippen molar-refractivity contribution in [2.45, 2.75) is 25.4 Å². The molecule has 4 nitrogen and oxygen atoms in total. The smallest absolute Gasteiger partial charge is 0.261 e. The minimum Gasteiger partial charge on any atom is -0.375 e. The van der Waals surface area contributed by atoms with Crippen LogP contribution in [0.25, 0.3) is 0 Å². The molecule has 1 atom stereocenters. The van der Waals surface area contributed by atoms with Crippen LogP contribution in [-0.4, -0.2) is 16.8 Å². The Morgan fingerprint density at radius 2 is 1.82 bits per heavy atom. The number of anilines is 1.